The molecule has 0 fully saturated rings. The van der Waals surface area contributed by atoms with E-state index >= 15 is 0 Å². The Morgan fingerprint density at radius 2 is 1.69 bits per heavy atom. The fourth-order valence-corrected chi connectivity index (χ4v) is 4.92. The van der Waals surface area contributed by atoms with Crippen LogP contribution in [0.4, 0.5) is 5.69 Å². The third kappa shape index (κ3) is 6.74. The van der Waals surface area contributed by atoms with Gasteiger partial charge < -0.3 is 19.7 Å². The lowest BCUT2D eigenvalue weighted by Gasteiger charge is -2.33. The molecule has 1 aliphatic rings. The molecule has 36 heavy (non-hydrogen) atoms. The third-order valence-electron chi connectivity index (χ3n) is 5.38. The van der Waals surface area contributed by atoms with Gasteiger partial charge in [-0.15, -0.1) is 0 Å². The van der Waals surface area contributed by atoms with Crippen LogP contribution in [0.2, 0.25) is 10.0 Å². The van der Waals surface area contributed by atoms with Gasteiger partial charge in [-0.25, -0.2) is 8.42 Å². The highest BCUT2D eigenvalue weighted by Gasteiger charge is 2.32. The summed E-state index contributed by atoms with van der Waals surface area (Å²) in [4.78, 5) is 27.9. The van der Waals surface area contributed by atoms with Gasteiger partial charge in [0.1, 0.15) is 12.6 Å². The van der Waals surface area contributed by atoms with Gasteiger partial charge in [-0.2, -0.15) is 0 Å². The minimum absolute atomic E-state index is 0.0172. The molecule has 2 amide bonds. The van der Waals surface area contributed by atoms with Crippen molar-refractivity contribution in [3.8, 4) is 11.5 Å². The Hall–Kier alpha value is -2.69. The van der Waals surface area contributed by atoms with E-state index in [1.165, 1.54) is 17.0 Å². The molecule has 0 aliphatic carbocycles. The number of rotatable bonds is 8. The van der Waals surface area contributed by atoms with Crippen LogP contribution in [0.5, 0.6) is 11.5 Å². The van der Waals surface area contributed by atoms with Crippen molar-refractivity contribution >= 4 is 50.7 Å². The average molecular weight is 558 g/mol. The number of nitrogens with zero attached hydrogens (tertiary/aromatic N) is 2. The summed E-state index contributed by atoms with van der Waals surface area (Å²) in [5.41, 5.74) is 0.115. The lowest BCUT2D eigenvalue weighted by atomic mass is 10.1. The molecule has 2 aromatic carbocycles. The Balaban J connectivity index is 1.97. The fourth-order valence-electron chi connectivity index (χ4n) is 3.56. The van der Waals surface area contributed by atoms with Gasteiger partial charge in [-0.1, -0.05) is 29.3 Å². The lowest BCUT2D eigenvalue weighted by molar-refractivity contribution is -0.140. The van der Waals surface area contributed by atoms with Crippen LogP contribution in [0.3, 0.4) is 0 Å². The highest BCUT2D eigenvalue weighted by atomic mass is 35.5. The van der Waals surface area contributed by atoms with Crippen molar-refractivity contribution < 1.29 is 27.5 Å². The molecule has 2 aromatic rings. The van der Waals surface area contributed by atoms with E-state index in [0.29, 0.717) is 27.1 Å². The van der Waals surface area contributed by atoms with E-state index in [4.69, 9.17) is 32.7 Å². The van der Waals surface area contributed by atoms with Crippen LogP contribution in [0, 0.1) is 0 Å². The van der Waals surface area contributed by atoms with Crippen LogP contribution in [-0.2, 0) is 26.2 Å². The number of amides is 2. The highest BCUT2D eigenvalue weighted by molar-refractivity contribution is 7.92. The van der Waals surface area contributed by atoms with Crippen molar-refractivity contribution in [2.24, 2.45) is 0 Å². The molecule has 0 saturated heterocycles. The van der Waals surface area contributed by atoms with Crippen molar-refractivity contribution in [2.75, 3.05) is 23.9 Å². The first-order valence-electron chi connectivity index (χ1n) is 11.1. The highest BCUT2D eigenvalue weighted by Crippen LogP contribution is 2.36. The van der Waals surface area contributed by atoms with Gasteiger partial charge in [0.2, 0.25) is 28.6 Å². The number of nitrogens with one attached hydrogen (secondary N) is 1. The summed E-state index contributed by atoms with van der Waals surface area (Å²) >= 11 is 12.7. The number of anilines is 1. The standard InChI is InChI=1S/C24H29Cl2N3O6S/c1-15(23(31)27-24(2,3)4)28(12-17-18(25)7-6-8-19(17)26)22(30)13-29(36(5,32)33)16-9-10-20-21(11-16)35-14-34-20/h6-11,15H,12-14H2,1-5H3,(H,27,31). The van der Waals surface area contributed by atoms with E-state index < -0.39 is 40.0 Å². The molecule has 9 nitrogen and oxygen atoms in total. The molecule has 0 aromatic heterocycles. The van der Waals surface area contributed by atoms with Crippen LogP contribution in [-0.4, -0.2) is 56.3 Å². The monoisotopic (exact) mass is 557 g/mol. The van der Waals surface area contributed by atoms with Gasteiger partial charge >= 0.3 is 0 Å². The summed E-state index contributed by atoms with van der Waals surface area (Å²) in [5, 5.41) is 3.49. The van der Waals surface area contributed by atoms with Crippen molar-refractivity contribution in [2.45, 2.75) is 45.8 Å². The van der Waals surface area contributed by atoms with E-state index in [9.17, 15) is 18.0 Å². The van der Waals surface area contributed by atoms with Gasteiger partial charge in [0.15, 0.2) is 11.5 Å². The summed E-state index contributed by atoms with van der Waals surface area (Å²) in [5.74, 6) is -0.189. The molecule has 1 heterocycles. The number of ether oxygens (including phenoxy) is 2. The average Bonchev–Trinajstić information content (AvgIpc) is 3.22. The van der Waals surface area contributed by atoms with Crippen LogP contribution < -0.4 is 19.1 Å². The molecule has 0 bridgehead atoms. The van der Waals surface area contributed by atoms with Crippen LogP contribution >= 0.6 is 23.2 Å². The summed E-state index contributed by atoms with van der Waals surface area (Å²) in [6, 6.07) is 8.54. The first-order valence-corrected chi connectivity index (χ1v) is 13.7. The Kier molecular flexibility index (Phi) is 8.32. The molecule has 12 heteroatoms. The zero-order chi connectivity index (χ0) is 26.8. The predicted octanol–water partition coefficient (Wildman–Crippen LogP) is 3.82. The van der Waals surface area contributed by atoms with E-state index in [1.807, 2.05) is 20.8 Å². The SMILES string of the molecule is CC(C(=O)NC(C)(C)C)N(Cc1c(Cl)cccc1Cl)C(=O)CN(c1ccc2c(c1)OCO2)S(C)(=O)=O. The summed E-state index contributed by atoms with van der Waals surface area (Å²) in [6.45, 7) is 6.38. The molecular formula is C24H29Cl2N3O6S. The quantitative estimate of drug-likeness (QED) is 0.528. The molecule has 3 rings (SSSR count). The number of carbonyl (C=O) groups excluding carboxylic acids is 2. The second-order valence-electron chi connectivity index (χ2n) is 9.44. The fraction of sp³-hybridized carbons (Fsp3) is 0.417. The van der Waals surface area contributed by atoms with E-state index in [1.54, 1.807) is 31.2 Å². The summed E-state index contributed by atoms with van der Waals surface area (Å²) in [6.07, 6.45) is 0.996. The molecule has 1 atom stereocenters. The third-order valence-corrected chi connectivity index (χ3v) is 7.23. The zero-order valence-corrected chi connectivity index (χ0v) is 23.0. The van der Waals surface area contributed by atoms with Gasteiger partial charge in [-0.05, 0) is 52.0 Å². The Morgan fingerprint density at radius 1 is 1.08 bits per heavy atom. The van der Waals surface area contributed by atoms with Gasteiger partial charge in [0.05, 0.1) is 11.9 Å². The number of hydrogen-bond donors (Lipinski definition) is 1. The predicted molar refractivity (Wildman–Crippen MR) is 139 cm³/mol. The van der Waals surface area contributed by atoms with Crippen molar-refractivity contribution in [3.05, 3.63) is 52.0 Å². The van der Waals surface area contributed by atoms with Crippen LogP contribution in [0.1, 0.15) is 33.3 Å². The van der Waals surface area contributed by atoms with E-state index in [2.05, 4.69) is 5.32 Å². The Bertz CT molecular complexity index is 1240. The van der Waals surface area contributed by atoms with Gasteiger partial charge in [-0.3, -0.25) is 13.9 Å². The van der Waals surface area contributed by atoms with Crippen molar-refractivity contribution in [1.29, 1.82) is 0 Å². The topological polar surface area (TPSA) is 105 Å². The summed E-state index contributed by atoms with van der Waals surface area (Å²) in [7, 11) is -3.89. The molecule has 0 saturated carbocycles. The molecule has 0 spiro atoms. The Labute approximate surface area is 221 Å². The largest absolute Gasteiger partial charge is 0.454 e. The minimum atomic E-state index is -3.89. The first-order chi connectivity index (χ1) is 16.7. The number of hydrogen-bond acceptors (Lipinski definition) is 6. The second-order valence-corrected chi connectivity index (χ2v) is 12.2. The number of halogens is 2. The normalized spacial score (nSPS) is 13.8. The Morgan fingerprint density at radius 3 is 2.28 bits per heavy atom. The maximum absolute atomic E-state index is 13.6. The maximum Gasteiger partial charge on any atom is 0.244 e. The van der Waals surface area contributed by atoms with Crippen LogP contribution in [0.15, 0.2) is 36.4 Å². The molecule has 1 N–H and O–H groups in total. The summed E-state index contributed by atoms with van der Waals surface area (Å²) < 4.78 is 37.0. The molecule has 1 aliphatic heterocycles. The van der Waals surface area contributed by atoms with Gasteiger partial charge in [0, 0.05) is 33.8 Å². The number of fused-ring (bicyclic) bond motifs is 1. The number of carbonyl (C=O) groups is 2. The first kappa shape index (κ1) is 27.9. The second kappa shape index (κ2) is 10.7. The smallest absolute Gasteiger partial charge is 0.244 e. The number of benzene rings is 2. The molecular weight excluding hydrogens is 529 g/mol. The van der Waals surface area contributed by atoms with E-state index in [-0.39, 0.29) is 19.0 Å². The zero-order valence-electron chi connectivity index (χ0n) is 20.7. The lowest BCUT2D eigenvalue weighted by Crippen LogP contribution is -2.54. The number of sulfonamides is 1. The van der Waals surface area contributed by atoms with Crippen molar-refractivity contribution in [3.63, 3.8) is 0 Å². The molecule has 196 valence electrons. The van der Waals surface area contributed by atoms with Gasteiger partial charge in [0.25, 0.3) is 0 Å². The molecule has 1 unspecified atom stereocenters. The van der Waals surface area contributed by atoms with E-state index in [0.717, 1.165) is 10.6 Å². The molecule has 0 radical (unpaired) electrons. The maximum atomic E-state index is 13.6. The minimum Gasteiger partial charge on any atom is -0.454 e. The van der Waals surface area contributed by atoms with Crippen molar-refractivity contribution in [1.82, 2.24) is 10.2 Å². The van der Waals surface area contributed by atoms with Crippen LogP contribution in [0.25, 0.3) is 0 Å².